The van der Waals surface area contributed by atoms with Crippen molar-refractivity contribution in [1.82, 2.24) is 9.55 Å². The van der Waals surface area contributed by atoms with Crippen molar-refractivity contribution in [2.45, 2.75) is 58.1 Å². The predicted octanol–water partition coefficient (Wildman–Crippen LogP) is 2.86. The van der Waals surface area contributed by atoms with Gasteiger partial charge >= 0.3 is 0 Å². The molecule has 2 rings (SSSR count). The SMILES string of the molecule is C=C(OC)C1CCN(c2nc(CCCO)cn(COCC[Si](C)(C)C)c2=O)CC1. The third-order valence-corrected chi connectivity index (χ3v) is 7.04. The van der Waals surface area contributed by atoms with Gasteiger partial charge in [0.1, 0.15) is 6.73 Å². The van der Waals surface area contributed by atoms with Gasteiger partial charge < -0.3 is 19.5 Å². The topological polar surface area (TPSA) is 76.8 Å². The van der Waals surface area contributed by atoms with Crippen LogP contribution in [-0.4, -0.2) is 56.1 Å². The van der Waals surface area contributed by atoms with Crippen LogP contribution in [0.4, 0.5) is 5.82 Å². The van der Waals surface area contributed by atoms with Gasteiger partial charge in [-0.25, -0.2) is 4.98 Å². The Morgan fingerprint density at radius 3 is 2.62 bits per heavy atom. The molecule has 1 fully saturated rings. The molecule has 0 aromatic carbocycles. The number of rotatable bonds is 11. The molecule has 164 valence electrons. The van der Waals surface area contributed by atoms with Gasteiger partial charge in [-0.2, -0.15) is 0 Å². The van der Waals surface area contributed by atoms with E-state index in [1.807, 2.05) is 0 Å². The molecule has 2 heterocycles. The highest BCUT2D eigenvalue weighted by Crippen LogP contribution is 2.25. The van der Waals surface area contributed by atoms with E-state index in [0.717, 1.165) is 43.4 Å². The fourth-order valence-electron chi connectivity index (χ4n) is 3.38. The van der Waals surface area contributed by atoms with Crippen LogP contribution in [0.25, 0.3) is 0 Å². The van der Waals surface area contributed by atoms with Crippen LogP contribution in [-0.2, 0) is 22.6 Å². The lowest BCUT2D eigenvalue weighted by Crippen LogP contribution is -2.40. The molecule has 1 N–H and O–H groups in total. The molecule has 1 aliphatic heterocycles. The van der Waals surface area contributed by atoms with Crippen molar-refractivity contribution in [2.24, 2.45) is 5.92 Å². The van der Waals surface area contributed by atoms with Gasteiger partial charge in [-0.3, -0.25) is 9.36 Å². The van der Waals surface area contributed by atoms with Gasteiger partial charge in [0.05, 0.1) is 18.6 Å². The zero-order valence-electron chi connectivity index (χ0n) is 18.4. The summed E-state index contributed by atoms with van der Waals surface area (Å²) >= 11 is 0. The van der Waals surface area contributed by atoms with Crippen LogP contribution in [0, 0.1) is 5.92 Å². The number of ether oxygens (including phenoxy) is 2. The van der Waals surface area contributed by atoms with Gasteiger partial charge in [-0.05, 0) is 31.7 Å². The molecule has 1 aromatic heterocycles. The minimum absolute atomic E-state index is 0.105. The highest BCUT2D eigenvalue weighted by atomic mass is 28.3. The molecule has 0 atom stereocenters. The van der Waals surface area contributed by atoms with Crippen molar-refractivity contribution in [3.8, 4) is 0 Å². The number of methoxy groups -OCH3 is 1. The Labute approximate surface area is 175 Å². The van der Waals surface area contributed by atoms with Gasteiger partial charge in [-0.1, -0.05) is 26.2 Å². The third-order valence-electron chi connectivity index (χ3n) is 5.34. The molecule has 1 aromatic rings. The zero-order valence-corrected chi connectivity index (χ0v) is 19.4. The van der Waals surface area contributed by atoms with Crippen LogP contribution < -0.4 is 10.5 Å². The minimum atomic E-state index is -1.17. The lowest BCUT2D eigenvalue weighted by atomic mass is 9.95. The van der Waals surface area contributed by atoms with Crippen LogP contribution in [0.2, 0.25) is 25.7 Å². The molecular weight excluding hydrogens is 386 g/mol. The second-order valence-electron chi connectivity index (χ2n) is 8.94. The molecule has 0 aliphatic carbocycles. The Bertz CT molecular complexity index is 722. The Hall–Kier alpha value is -1.64. The van der Waals surface area contributed by atoms with E-state index in [-0.39, 0.29) is 18.9 Å². The smallest absolute Gasteiger partial charge is 0.295 e. The average Bonchev–Trinajstić information content (AvgIpc) is 2.70. The summed E-state index contributed by atoms with van der Waals surface area (Å²) in [5, 5.41) is 9.18. The van der Waals surface area contributed by atoms with E-state index in [4.69, 9.17) is 9.47 Å². The van der Waals surface area contributed by atoms with Crippen LogP contribution in [0.15, 0.2) is 23.3 Å². The highest BCUT2D eigenvalue weighted by Gasteiger charge is 2.25. The quantitative estimate of drug-likeness (QED) is 0.335. The predicted molar refractivity (Wildman–Crippen MR) is 119 cm³/mol. The van der Waals surface area contributed by atoms with Crippen molar-refractivity contribution in [3.63, 3.8) is 0 Å². The lowest BCUT2D eigenvalue weighted by molar-refractivity contribution is 0.0844. The number of hydrogen-bond donors (Lipinski definition) is 1. The van der Waals surface area contributed by atoms with Crippen LogP contribution in [0.5, 0.6) is 0 Å². The number of anilines is 1. The monoisotopic (exact) mass is 423 g/mol. The summed E-state index contributed by atoms with van der Waals surface area (Å²) in [5.74, 6) is 1.61. The number of aliphatic hydroxyl groups is 1. The first-order chi connectivity index (χ1) is 13.7. The molecule has 8 heteroatoms. The zero-order chi connectivity index (χ0) is 21.4. The Balaban J connectivity index is 2.13. The molecule has 0 radical (unpaired) electrons. The summed E-state index contributed by atoms with van der Waals surface area (Å²) in [5.41, 5.74) is 0.695. The summed E-state index contributed by atoms with van der Waals surface area (Å²) in [6.45, 7) is 13.4. The maximum atomic E-state index is 13.1. The fraction of sp³-hybridized carbons (Fsp3) is 0.714. The first kappa shape index (κ1) is 23.6. The first-order valence-corrected chi connectivity index (χ1v) is 14.2. The van der Waals surface area contributed by atoms with Crippen molar-refractivity contribution in [2.75, 3.05) is 38.3 Å². The largest absolute Gasteiger partial charge is 0.501 e. The molecule has 0 spiro atoms. The van der Waals surface area contributed by atoms with Crippen molar-refractivity contribution < 1.29 is 14.6 Å². The third kappa shape index (κ3) is 7.28. The van der Waals surface area contributed by atoms with E-state index in [9.17, 15) is 9.90 Å². The maximum absolute atomic E-state index is 13.1. The number of nitrogens with zero attached hydrogens (tertiary/aromatic N) is 3. The molecule has 0 saturated carbocycles. The minimum Gasteiger partial charge on any atom is -0.501 e. The molecule has 0 unspecified atom stereocenters. The maximum Gasteiger partial charge on any atom is 0.295 e. The molecule has 0 amide bonds. The number of aryl methyl sites for hydroxylation is 1. The number of aromatic nitrogens is 2. The van der Waals surface area contributed by atoms with Crippen molar-refractivity contribution in [3.05, 3.63) is 34.6 Å². The second kappa shape index (κ2) is 10.9. The van der Waals surface area contributed by atoms with Crippen molar-refractivity contribution in [1.29, 1.82) is 0 Å². The highest BCUT2D eigenvalue weighted by molar-refractivity contribution is 6.76. The summed E-state index contributed by atoms with van der Waals surface area (Å²) in [6.07, 6.45) is 4.81. The van der Waals surface area contributed by atoms with Gasteiger partial charge in [0.25, 0.3) is 5.56 Å². The summed E-state index contributed by atoms with van der Waals surface area (Å²) in [4.78, 5) is 19.7. The standard InChI is InChI=1S/C21H37N3O4Si/c1-17(27-2)18-8-10-23(11-9-18)20-21(26)24(15-19(22-20)7-6-12-25)16-28-13-14-29(3,4)5/h15,18,25H,1,6-14,16H2,2-5H3. The van der Waals surface area contributed by atoms with E-state index in [1.165, 1.54) is 0 Å². The second-order valence-corrected chi connectivity index (χ2v) is 14.6. The molecule has 0 bridgehead atoms. The molecule has 1 saturated heterocycles. The first-order valence-electron chi connectivity index (χ1n) is 10.5. The lowest BCUT2D eigenvalue weighted by Gasteiger charge is -2.33. The summed E-state index contributed by atoms with van der Waals surface area (Å²) in [6, 6.07) is 1.06. The van der Waals surface area contributed by atoms with Crippen molar-refractivity contribution >= 4 is 13.9 Å². The number of hydrogen-bond acceptors (Lipinski definition) is 6. The molecular formula is C21H37N3O4Si. The number of allylic oxidation sites excluding steroid dienone is 1. The average molecular weight is 424 g/mol. The summed E-state index contributed by atoms with van der Waals surface area (Å²) < 4.78 is 12.7. The molecule has 7 nitrogen and oxygen atoms in total. The molecule has 1 aliphatic rings. The van der Waals surface area contributed by atoms with E-state index < -0.39 is 8.07 Å². The van der Waals surface area contributed by atoms with Gasteiger partial charge in [-0.15, -0.1) is 0 Å². The van der Waals surface area contributed by atoms with Crippen LogP contribution in [0.1, 0.15) is 25.0 Å². The Morgan fingerprint density at radius 1 is 1.34 bits per heavy atom. The number of aliphatic hydroxyl groups excluding tert-OH is 1. The van der Waals surface area contributed by atoms with Gasteiger partial charge in [0.15, 0.2) is 5.82 Å². The van der Waals surface area contributed by atoms with Gasteiger partial charge in [0, 0.05) is 46.5 Å². The van der Waals surface area contributed by atoms with E-state index in [2.05, 4.69) is 36.1 Å². The van der Waals surface area contributed by atoms with Gasteiger partial charge in [0.2, 0.25) is 0 Å². The normalized spacial score (nSPS) is 15.6. The van der Waals surface area contributed by atoms with E-state index in [0.29, 0.717) is 31.2 Å². The number of piperidine rings is 1. The van der Waals surface area contributed by atoms with Crippen LogP contribution >= 0.6 is 0 Å². The summed E-state index contributed by atoms with van der Waals surface area (Å²) in [7, 11) is 0.482. The Morgan fingerprint density at radius 2 is 2.03 bits per heavy atom. The Kier molecular flexibility index (Phi) is 8.92. The van der Waals surface area contributed by atoms with Crippen LogP contribution in [0.3, 0.4) is 0 Å². The fourth-order valence-corrected chi connectivity index (χ4v) is 4.14. The van der Waals surface area contributed by atoms with E-state index in [1.54, 1.807) is 17.9 Å². The van der Waals surface area contributed by atoms with E-state index >= 15 is 0 Å². The molecule has 29 heavy (non-hydrogen) atoms.